The molecule has 1 aromatic carbocycles. The molecule has 170 valence electrons. The minimum atomic E-state index is -1.07. The largest absolute Gasteiger partial charge is 0.507 e. The van der Waals surface area contributed by atoms with Crippen LogP contribution in [0.3, 0.4) is 0 Å². The van der Waals surface area contributed by atoms with Crippen molar-refractivity contribution < 1.29 is 48.0 Å². The normalized spacial score (nSPS) is 24.5. The number of allylic oxidation sites excluding steroid dienone is 2. The van der Waals surface area contributed by atoms with E-state index in [1.807, 2.05) is 0 Å². The molecule has 0 bridgehead atoms. The zero-order valence-electron chi connectivity index (χ0n) is 17.7. The number of hydrogen-bond acceptors (Lipinski definition) is 10. The Kier molecular flexibility index (Phi) is 6.73. The zero-order chi connectivity index (χ0) is 23.6. The predicted molar refractivity (Wildman–Crippen MR) is 106 cm³/mol. The van der Waals surface area contributed by atoms with Crippen LogP contribution in [0, 0.1) is 0 Å². The molecule has 0 saturated carbocycles. The smallest absolute Gasteiger partial charge is 0.303 e. The Balaban J connectivity index is 2.00. The van der Waals surface area contributed by atoms with Gasteiger partial charge in [-0.05, 0) is 18.2 Å². The molecule has 1 fully saturated rings. The fourth-order valence-electron chi connectivity index (χ4n) is 3.78. The van der Waals surface area contributed by atoms with Crippen molar-refractivity contribution in [2.75, 3.05) is 6.61 Å². The molecule has 1 saturated heterocycles. The van der Waals surface area contributed by atoms with Crippen LogP contribution in [0.1, 0.15) is 59.6 Å². The quantitative estimate of drug-likeness (QED) is 0.523. The summed E-state index contributed by atoms with van der Waals surface area (Å²) in [5.41, 5.74) is 0.0769. The van der Waals surface area contributed by atoms with E-state index < -0.39 is 59.6 Å². The molecule has 0 amide bonds. The van der Waals surface area contributed by atoms with Crippen LogP contribution < -0.4 is 0 Å². The number of ketones is 2. The van der Waals surface area contributed by atoms with Gasteiger partial charge in [0.2, 0.25) is 0 Å². The second-order valence-corrected chi connectivity index (χ2v) is 7.41. The molecule has 10 nitrogen and oxygen atoms in total. The van der Waals surface area contributed by atoms with Gasteiger partial charge < -0.3 is 24.1 Å². The maximum Gasteiger partial charge on any atom is 0.303 e. The predicted octanol–water partition coefficient (Wildman–Crippen LogP) is 1.58. The van der Waals surface area contributed by atoms with Crippen LogP contribution in [0.4, 0.5) is 0 Å². The second-order valence-electron chi connectivity index (χ2n) is 7.41. The minimum absolute atomic E-state index is 0.0293. The fraction of sp³-hybridized carbons (Fsp3) is 0.409. The number of phenols is 1. The number of esters is 3. The van der Waals surface area contributed by atoms with Crippen LogP contribution in [0.5, 0.6) is 5.75 Å². The lowest BCUT2D eigenvalue weighted by atomic mass is 9.87. The lowest BCUT2D eigenvalue weighted by Crippen LogP contribution is -2.51. The Hall–Kier alpha value is -3.53. The highest BCUT2D eigenvalue weighted by atomic mass is 16.6. The Morgan fingerprint density at radius 2 is 1.66 bits per heavy atom. The average molecular weight is 446 g/mol. The SMILES string of the molecule is CC(=O)OCC1OC(c2ccc3c(c2O)C(=O)C=CC3=O)CC(OC(C)=O)C1OC(C)=O. The molecule has 0 aromatic heterocycles. The summed E-state index contributed by atoms with van der Waals surface area (Å²) in [5.74, 6) is -3.30. The number of phenolic OH excluding ortho intramolecular Hbond substituents is 1. The molecule has 4 atom stereocenters. The van der Waals surface area contributed by atoms with Crippen LogP contribution in [-0.2, 0) is 33.3 Å². The van der Waals surface area contributed by atoms with Gasteiger partial charge in [0.25, 0.3) is 0 Å². The molecular formula is C22H22O10. The molecule has 1 heterocycles. The van der Waals surface area contributed by atoms with Gasteiger partial charge in [0.1, 0.15) is 24.6 Å². The van der Waals surface area contributed by atoms with Gasteiger partial charge in [-0.3, -0.25) is 24.0 Å². The highest BCUT2D eigenvalue weighted by Gasteiger charge is 2.45. The van der Waals surface area contributed by atoms with Crippen molar-refractivity contribution in [2.45, 2.75) is 51.6 Å². The Morgan fingerprint density at radius 3 is 2.28 bits per heavy atom. The summed E-state index contributed by atoms with van der Waals surface area (Å²) in [4.78, 5) is 59.0. The van der Waals surface area contributed by atoms with Gasteiger partial charge in [0.15, 0.2) is 17.7 Å². The molecule has 0 spiro atoms. The summed E-state index contributed by atoms with van der Waals surface area (Å²) in [6, 6.07) is 2.83. The molecule has 4 unspecified atom stereocenters. The molecular weight excluding hydrogens is 424 g/mol. The lowest BCUT2D eigenvalue weighted by Gasteiger charge is -2.40. The first-order chi connectivity index (χ1) is 15.1. The molecule has 0 radical (unpaired) electrons. The number of hydrogen-bond donors (Lipinski definition) is 1. The first-order valence-electron chi connectivity index (χ1n) is 9.84. The van der Waals surface area contributed by atoms with Crippen LogP contribution in [0.2, 0.25) is 0 Å². The van der Waals surface area contributed by atoms with E-state index in [1.165, 1.54) is 32.9 Å². The summed E-state index contributed by atoms with van der Waals surface area (Å²) in [5, 5.41) is 10.8. The third-order valence-corrected chi connectivity index (χ3v) is 5.04. The van der Waals surface area contributed by atoms with Gasteiger partial charge in [0.05, 0.1) is 11.7 Å². The van der Waals surface area contributed by atoms with Gasteiger partial charge in [0, 0.05) is 38.3 Å². The third-order valence-electron chi connectivity index (χ3n) is 5.04. The number of benzene rings is 1. The van der Waals surface area contributed by atoms with Gasteiger partial charge in [-0.15, -0.1) is 0 Å². The monoisotopic (exact) mass is 446 g/mol. The standard InChI is InChI=1S/C22H22O10/c1-10(23)29-9-19-22(31-12(3)25)18(30-11(2)24)8-17(32-19)14-5-4-13-15(26)6-7-16(27)20(13)21(14)28/h4-7,17-19,22,28H,8-9H2,1-3H3. The molecule has 1 aliphatic carbocycles. The van der Waals surface area contributed by atoms with E-state index >= 15 is 0 Å². The van der Waals surface area contributed by atoms with E-state index in [0.29, 0.717) is 0 Å². The fourth-order valence-corrected chi connectivity index (χ4v) is 3.78. The van der Waals surface area contributed by atoms with E-state index in [4.69, 9.17) is 18.9 Å². The maximum absolute atomic E-state index is 12.3. The van der Waals surface area contributed by atoms with Gasteiger partial charge >= 0.3 is 17.9 Å². The van der Waals surface area contributed by atoms with Crippen LogP contribution in [0.25, 0.3) is 0 Å². The van der Waals surface area contributed by atoms with E-state index in [9.17, 15) is 29.1 Å². The molecule has 10 heteroatoms. The third kappa shape index (κ3) is 4.86. The number of ether oxygens (including phenoxy) is 4. The summed E-state index contributed by atoms with van der Waals surface area (Å²) < 4.78 is 21.6. The summed E-state index contributed by atoms with van der Waals surface area (Å²) in [7, 11) is 0. The number of aromatic hydroxyl groups is 1. The summed E-state index contributed by atoms with van der Waals surface area (Å²) in [6.07, 6.45) is -1.85. The Bertz CT molecular complexity index is 1010. The number of fused-ring (bicyclic) bond motifs is 1. The van der Waals surface area contributed by atoms with E-state index in [-0.39, 0.29) is 29.7 Å². The van der Waals surface area contributed by atoms with E-state index in [2.05, 4.69) is 0 Å². The number of carbonyl (C=O) groups is 5. The molecule has 32 heavy (non-hydrogen) atoms. The highest BCUT2D eigenvalue weighted by Crippen LogP contribution is 2.41. The van der Waals surface area contributed by atoms with Crippen molar-refractivity contribution in [2.24, 2.45) is 0 Å². The number of carbonyl (C=O) groups excluding carboxylic acids is 5. The topological polar surface area (TPSA) is 143 Å². The molecule has 2 aliphatic rings. The Morgan fingerprint density at radius 1 is 1.00 bits per heavy atom. The first kappa shape index (κ1) is 23.1. The lowest BCUT2D eigenvalue weighted by molar-refractivity contribution is -0.216. The Labute approximate surface area is 183 Å². The van der Waals surface area contributed by atoms with E-state index in [0.717, 1.165) is 12.2 Å². The van der Waals surface area contributed by atoms with Crippen molar-refractivity contribution in [3.8, 4) is 5.75 Å². The minimum Gasteiger partial charge on any atom is -0.507 e. The van der Waals surface area contributed by atoms with Crippen LogP contribution in [-0.4, -0.2) is 59.5 Å². The average Bonchev–Trinajstić information content (AvgIpc) is 2.70. The number of rotatable bonds is 5. The first-order valence-corrected chi connectivity index (χ1v) is 9.84. The van der Waals surface area contributed by atoms with Gasteiger partial charge in [-0.2, -0.15) is 0 Å². The molecule has 3 rings (SSSR count). The van der Waals surface area contributed by atoms with Gasteiger partial charge in [-0.25, -0.2) is 0 Å². The summed E-state index contributed by atoms with van der Waals surface area (Å²) >= 11 is 0. The van der Waals surface area contributed by atoms with Crippen molar-refractivity contribution >= 4 is 29.5 Å². The van der Waals surface area contributed by atoms with Gasteiger partial charge in [-0.1, -0.05) is 6.07 Å². The van der Waals surface area contributed by atoms with Crippen molar-refractivity contribution in [1.82, 2.24) is 0 Å². The second kappa shape index (κ2) is 9.31. The van der Waals surface area contributed by atoms with E-state index in [1.54, 1.807) is 0 Å². The highest BCUT2D eigenvalue weighted by molar-refractivity contribution is 6.23. The van der Waals surface area contributed by atoms with Crippen LogP contribution >= 0.6 is 0 Å². The van der Waals surface area contributed by atoms with Crippen molar-refractivity contribution in [3.63, 3.8) is 0 Å². The molecule has 1 N–H and O–H groups in total. The van der Waals surface area contributed by atoms with Crippen molar-refractivity contribution in [1.29, 1.82) is 0 Å². The van der Waals surface area contributed by atoms with Crippen LogP contribution in [0.15, 0.2) is 24.3 Å². The van der Waals surface area contributed by atoms with Crippen molar-refractivity contribution in [3.05, 3.63) is 41.0 Å². The molecule has 1 aromatic rings. The molecule has 1 aliphatic heterocycles. The zero-order valence-corrected chi connectivity index (χ0v) is 17.7. The maximum atomic E-state index is 12.3. The summed E-state index contributed by atoms with van der Waals surface area (Å²) in [6.45, 7) is 3.23.